The molecule has 2 saturated carbocycles. The second-order valence-corrected chi connectivity index (χ2v) is 7.29. The van der Waals surface area contributed by atoms with Gasteiger partial charge in [-0.2, -0.15) is 0 Å². The molecule has 0 aromatic rings. The van der Waals surface area contributed by atoms with Gasteiger partial charge in [-0.15, -0.1) is 0 Å². The molecule has 0 aromatic heterocycles. The molecule has 1 unspecified atom stereocenters. The van der Waals surface area contributed by atoms with Gasteiger partial charge < -0.3 is 5.32 Å². The lowest BCUT2D eigenvalue weighted by atomic mass is 9.63. The summed E-state index contributed by atoms with van der Waals surface area (Å²) in [6, 6.07) is 0.830. The van der Waals surface area contributed by atoms with Crippen molar-refractivity contribution >= 4 is 0 Å². The molecule has 2 aliphatic rings. The van der Waals surface area contributed by atoms with Crippen molar-refractivity contribution in [1.82, 2.24) is 5.32 Å². The number of hydrogen-bond donors (Lipinski definition) is 1. The maximum Gasteiger partial charge on any atom is 0.0152 e. The van der Waals surface area contributed by atoms with E-state index in [0.717, 1.165) is 17.9 Å². The van der Waals surface area contributed by atoms with E-state index in [4.69, 9.17) is 0 Å². The summed E-state index contributed by atoms with van der Waals surface area (Å²) in [7, 11) is 0. The molecule has 1 nitrogen and oxygen atoms in total. The summed E-state index contributed by atoms with van der Waals surface area (Å²) in [4.78, 5) is 0. The highest BCUT2D eigenvalue weighted by Gasteiger charge is 2.45. The highest BCUT2D eigenvalue weighted by atomic mass is 14.9. The van der Waals surface area contributed by atoms with Crippen LogP contribution in [0.15, 0.2) is 0 Å². The van der Waals surface area contributed by atoms with Gasteiger partial charge in [0.15, 0.2) is 0 Å². The summed E-state index contributed by atoms with van der Waals surface area (Å²) in [6.45, 7) is 8.35. The third kappa shape index (κ3) is 3.10. The van der Waals surface area contributed by atoms with Crippen LogP contribution in [0.4, 0.5) is 0 Å². The van der Waals surface area contributed by atoms with Crippen molar-refractivity contribution in [2.45, 2.75) is 84.6 Å². The normalized spacial score (nSPS) is 25.3. The second kappa shape index (κ2) is 6.41. The highest BCUT2D eigenvalue weighted by molar-refractivity contribution is 5.00. The van der Waals surface area contributed by atoms with Gasteiger partial charge in [0, 0.05) is 6.04 Å². The zero-order chi connectivity index (χ0) is 13.0. The first-order chi connectivity index (χ1) is 8.68. The summed E-state index contributed by atoms with van der Waals surface area (Å²) < 4.78 is 0. The quantitative estimate of drug-likeness (QED) is 0.688. The van der Waals surface area contributed by atoms with Gasteiger partial charge in [-0.25, -0.2) is 0 Å². The minimum absolute atomic E-state index is 0.647. The molecule has 1 atom stereocenters. The molecular weight excluding hydrogens is 218 g/mol. The fourth-order valence-electron chi connectivity index (χ4n) is 4.49. The topological polar surface area (TPSA) is 12.0 Å². The van der Waals surface area contributed by atoms with E-state index in [1.165, 1.54) is 64.3 Å². The maximum atomic E-state index is 3.96. The Morgan fingerprint density at radius 3 is 2.22 bits per heavy atom. The van der Waals surface area contributed by atoms with Crippen molar-refractivity contribution in [3.05, 3.63) is 0 Å². The van der Waals surface area contributed by atoms with Crippen molar-refractivity contribution in [3.8, 4) is 0 Å². The molecular formula is C17H33N. The molecule has 2 rings (SSSR count). The van der Waals surface area contributed by atoms with Gasteiger partial charge in [-0.1, -0.05) is 40.0 Å². The Kier molecular flexibility index (Phi) is 5.12. The van der Waals surface area contributed by atoms with Crippen LogP contribution >= 0.6 is 0 Å². The first kappa shape index (κ1) is 14.4. The van der Waals surface area contributed by atoms with Crippen molar-refractivity contribution in [2.24, 2.45) is 17.3 Å². The van der Waals surface area contributed by atoms with E-state index in [-0.39, 0.29) is 0 Å². The summed E-state index contributed by atoms with van der Waals surface area (Å²) in [5.74, 6) is 1.85. The van der Waals surface area contributed by atoms with Crippen LogP contribution in [0.2, 0.25) is 0 Å². The Morgan fingerprint density at radius 2 is 1.78 bits per heavy atom. The van der Waals surface area contributed by atoms with E-state index in [9.17, 15) is 0 Å². The Hall–Kier alpha value is -0.0400. The second-order valence-electron chi connectivity index (χ2n) is 7.29. The van der Waals surface area contributed by atoms with Gasteiger partial charge in [0.2, 0.25) is 0 Å². The fraction of sp³-hybridized carbons (Fsp3) is 1.00. The van der Waals surface area contributed by atoms with E-state index >= 15 is 0 Å². The molecule has 0 heterocycles. The van der Waals surface area contributed by atoms with Crippen molar-refractivity contribution < 1.29 is 0 Å². The van der Waals surface area contributed by atoms with Crippen LogP contribution in [0.3, 0.4) is 0 Å². The maximum absolute atomic E-state index is 3.96. The van der Waals surface area contributed by atoms with Crippen LogP contribution in [0.25, 0.3) is 0 Å². The first-order valence-electron chi connectivity index (χ1n) is 8.41. The molecule has 0 bridgehead atoms. The molecule has 0 aliphatic heterocycles. The van der Waals surface area contributed by atoms with Gasteiger partial charge in [-0.05, 0) is 62.3 Å². The van der Waals surface area contributed by atoms with Crippen LogP contribution < -0.4 is 5.32 Å². The molecule has 106 valence electrons. The predicted octanol–water partition coefficient (Wildman–Crippen LogP) is 4.76. The van der Waals surface area contributed by atoms with Crippen LogP contribution in [0.5, 0.6) is 0 Å². The van der Waals surface area contributed by atoms with Gasteiger partial charge in [0.25, 0.3) is 0 Å². The Labute approximate surface area is 114 Å². The van der Waals surface area contributed by atoms with Gasteiger partial charge in [-0.3, -0.25) is 0 Å². The molecule has 0 saturated heterocycles. The molecule has 0 amide bonds. The molecule has 0 aromatic carbocycles. The van der Waals surface area contributed by atoms with Crippen LogP contribution in [0, 0.1) is 17.3 Å². The Balaban J connectivity index is 2.07. The minimum atomic E-state index is 0.647. The lowest BCUT2D eigenvalue weighted by molar-refractivity contribution is 0.0733. The number of hydrogen-bond acceptors (Lipinski definition) is 1. The molecule has 0 spiro atoms. The first-order valence-corrected chi connectivity index (χ1v) is 8.41. The average molecular weight is 251 g/mol. The molecule has 18 heavy (non-hydrogen) atoms. The molecule has 1 N–H and O–H groups in total. The van der Waals surface area contributed by atoms with Crippen molar-refractivity contribution in [2.75, 3.05) is 6.54 Å². The van der Waals surface area contributed by atoms with Crippen LogP contribution in [-0.4, -0.2) is 12.6 Å². The molecule has 0 radical (unpaired) electrons. The fourth-order valence-corrected chi connectivity index (χ4v) is 4.49. The summed E-state index contributed by atoms with van der Waals surface area (Å²) in [6.07, 6.45) is 13.1. The third-order valence-electron chi connectivity index (χ3n) is 5.31. The molecule has 1 heteroatoms. The summed E-state index contributed by atoms with van der Waals surface area (Å²) >= 11 is 0. The zero-order valence-corrected chi connectivity index (χ0v) is 12.8. The SMILES string of the molecule is CCCNC(C1CCC1)C1(CC(C)C)CCCC1. The monoisotopic (exact) mass is 251 g/mol. The summed E-state index contributed by atoms with van der Waals surface area (Å²) in [5, 5.41) is 3.96. The van der Waals surface area contributed by atoms with Gasteiger partial charge in [0.05, 0.1) is 0 Å². The number of nitrogens with one attached hydrogen (secondary N) is 1. The van der Waals surface area contributed by atoms with E-state index in [2.05, 4.69) is 26.1 Å². The van der Waals surface area contributed by atoms with E-state index in [1.807, 2.05) is 0 Å². The Morgan fingerprint density at radius 1 is 1.11 bits per heavy atom. The molecule has 2 fully saturated rings. The largest absolute Gasteiger partial charge is 0.313 e. The predicted molar refractivity (Wildman–Crippen MR) is 79.8 cm³/mol. The van der Waals surface area contributed by atoms with Crippen LogP contribution in [-0.2, 0) is 0 Å². The summed E-state index contributed by atoms with van der Waals surface area (Å²) in [5.41, 5.74) is 0.647. The average Bonchev–Trinajstić information content (AvgIpc) is 2.69. The van der Waals surface area contributed by atoms with Gasteiger partial charge in [0.1, 0.15) is 0 Å². The highest BCUT2D eigenvalue weighted by Crippen LogP contribution is 2.50. The Bertz CT molecular complexity index is 236. The van der Waals surface area contributed by atoms with E-state index < -0.39 is 0 Å². The van der Waals surface area contributed by atoms with Crippen LogP contribution in [0.1, 0.15) is 78.6 Å². The van der Waals surface area contributed by atoms with Crippen molar-refractivity contribution in [1.29, 1.82) is 0 Å². The van der Waals surface area contributed by atoms with E-state index in [0.29, 0.717) is 5.41 Å². The van der Waals surface area contributed by atoms with E-state index in [1.54, 1.807) is 0 Å². The third-order valence-corrected chi connectivity index (χ3v) is 5.31. The van der Waals surface area contributed by atoms with Crippen molar-refractivity contribution in [3.63, 3.8) is 0 Å². The zero-order valence-electron chi connectivity index (χ0n) is 12.8. The smallest absolute Gasteiger partial charge is 0.0152 e. The standard InChI is InChI=1S/C17H33N/c1-4-12-18-16(15-8-7-9-15)17(13-14(2)3)10-5-6-11-17/h14-16,18H,4-13H2,1-3H3. The lowest BCUT2D eigenvalue weighted by Crippen LogP contribution is -2.51. The van der Waals surface area contributed by atoms with Gasteiger partial charge >= 0.3 is 0 Å². The minimum Gasteiger partial charge on any atom is -0.313 e. The lowest BCUT2D eigenvalue weighted by Gasteiger charge is -2.47. The number of rotatable bonds is 7. The molecule has 2 aliphatic carbocycles.